The summed E-state index contributed by atoms with van der Waals surface area (Å²) in [5.41, 5.74) is 0.149. The van der Waals surface area contributed by atoms with Crippen molar-refractivity contribution in [3.05, 3.63) is 27.4 Å². The molecule has 0 aromatic carbocycles. The normalized spacial score (nSPS) is 10.6. The van der Waals surface area contributed by atoms with Crippen LogP contribution in [0.5, 0.6) is 0 Å². The van der Waals surface area contributed by atoms with Crippen LogP contribution in [0.3, 0.4) is 0 Å². The molecule has 0 unspecified atom stereocenters. The van der Waals surface area contributed by atoms with Gasteiger partial charge in [0.05, 0.1) is 18.4 Å². The largest absolute Gasteiger partial charge is 0.375 e. The number of halogens is 1. The molecule has 2 aromatic rings. The molecule has 0 fully saturated rings. The van der Waals surface area contributed by atoms with E-state index in [4.69, 9.17) is 11.6 Å². The zero-order valence-corrected chi connectivity index (χ0v) is 10.5. The molecule has 0 saturated carbocycles. The fraction of sp³-hybridized carbons (Fsp3) is 0.444. The third-order valence-corrected chi connectivity index (χ3v) is 2.61. The average Bonchev–Trinajstić information content (AvgIpc) is 2.87. The topological polar surface area (TPSA) is 101 Å². The third-order valence-electron chi connectivity index (χ3n) is 2.25. The number of aromatic nitrogens is 6. The first kappa shape index (κ1) is 12.5. The summed E-state index contributed by atoms with van der Waals surface area (Å²) >= 11 is 5.97. The summed E-state index contributed by atoms with van der Waals surface area (Å²) < 4.78 is 1.34. The lowest BCUT2D eigenvalue weighted by Crippen LogP contribution is -2.24. The van der Waals surface area contributed by atoms with Gasteiger partial charge >= 0.3 is 0 Å². The van der Waals surface area contributed by atoms with Gasteiger partial charge < -0.3 is 5.32 Å². The van der Waals surface area contributed by atoms with Crippen LogP contribution in [0.4, 0.5) is 5.69 Å². The molecule has 2 rings (SSSR count). The van der Waals surface area contributed by atoms with Crippen molar-refractivity contribution in [2.75, 3.05) is 5.32 Å². The number of rotatable bonds is 5. The predicted octanol–water partition coefficient (Wildman–Crippen LogP) is 0.432. The van der Waals surface area contributed by atoms with Gasteiger partial charge in [0.15, 0.2) is 5.82 Å². The number of hydrogen-bond acceptors (Lipinski definition) is 6. The van der Waals surface area contributed by atoms with E-state index in [1.165, 1.54) is 10.9 Å². The summed E-state index contributed by atoms with van der Waals surface area (Å²) in [5.74, 6) is 0.476. The minimum Gasteiger partial charge on any atom is -0.375 e. The number of aromatic amines is 1. The zero-order chi connectivity index (χ0) is 13.0. The van der Waals surface area contributed by atoms with Crippen molar-refractivity contribution >= 4 is 17.3 Å². The Bertz CT molecular complexity index is 565. The highest BCUT2D eigenvalue weighted by atomic mass is 35.5. The fourth-order valence-corrected chi connectivity index (χ4v) is 1.60. The second kappa shape index (κ2) is 5.58. The van der Waals surface area contributed by atoms with E-state index in [-0.39, 0.29) is 10.6 Å². The van der Waals surface area contributed by atoms with Gasteiger partial charge in [-0.05, 0) is 6.42 Å². The van der Waals surface area contributed by atoms with E-state index in [1.54, 1.807) is 0 Å². The molecule has 0 radical (unpaired) electrons. The van der Waals surface area contributed by atoms with Crippen LogP contribution in [0, 0.1) is 0 Å². The summed E-state index contributed by atoms with van der Waals surface area (Å²) in [5, 5.41) is 20.4. The highest BCUT2D eigenvalue weighted by Gasteiger charge is 2.09. The maximum atomic E-state index is 11.8. The summed E-state index contributed by atoms with van der Waals surface area (Å²) in [6.45, 7) is 2.82. The Labute approximate surface area is 107 Å². The lowest BCUT2D eigenvalue weighted by molar-refractivity contribution is 0.568. The van der Waals surface area contributed by atoms with Crippen LogP contribution in [0.25, 0.3) is 0 Å². The van der Waals surface area contributed by atoms with Gasteiger partial charge in [0.2, 0.25) is 0 Å². The zero-order valence-electron chi connectivity index (χ0n) is 9.72. The van der Waals surface area contributed by atoms with Gasteiger partial charge in [0.1, 0.15) is 5.02 Å². The van der Waals surface area contributed by atoms with E-state index >= 15 is 0 Å². The van der Waals surface area contributed by atoms with E-state index < -0.39 is 0 Å². The quantitative estimate of drug-likeness (QED) is 0.816. The van der Waals surface area contributed by atoms with E-state index in [2.05, 4.69) is 31.0 Å². The van der Waals surface area contributed by atoms with Gasteiger partial charge in [-0.15, -0.1) is 10.2 Å². The first-order valence-electron chi connectivity index (χ1n) is 5.44. The van der Waals surface area contributed by atoms with Crippen LogP contribution in [-0.4, -0.2) is 30.4 Å². The number of nitrogens with zero attached hydrogens (tertiary/aromatic N) is 5. The molecule has 0 atom stereocenters. The van der Waals surface area contributed by atoms with Crippen molar-refractivity contribution in [3.8, 4) is 0 Å². The molecule has 2 heterocycles. The van der Waals surface area contributed by atoms with Gasteiger partial charge in [-0.3, -0.25) is 4.79 Å². The van der Waals surface area contributed by atoms with Crippen LogP contribution >= 0.6 is 11.6 Å². The van der Waals surface area contributed by atoms with Crippen LogP contribution < -0.4 is 10.9 Å². The number of hydrogen-bond donors (Lipinski definition) is 2. The number of anilines is 1. The first-order chi connectivity index (χ1) is 8.72. The minimum absolute atomic E-state index is 0.113. The second-order valence-corrected chi connectivity index (χ2v) is 3.96. The highest BCUT2D eigenvalue weighted by molar-refractivity contribution is 6.32. The Morgan fingerprint density at radius 3 is 3.06 bits per heavy atom. The summed E-state index contributed by atoms with van der Waals surface area (Å²) in [7, 11) is 0. The van der Waals surface area contributed by atoms with E-state index in [0.717, 1.165) is 6.42 Å². The van der Waals surface area contributed by atoms with Crippen LogP contribution in [0.2, 0.25) is 5.02 Å². The monoisotopic (exact) mass is 269 g/mol. The average molecular weight is 270 g/mol. The van der Waals surface area contributed by atoms with Crippen LogP contribution in [0.15, 0.2) is 11.0 Å². The highest BCUT2D eigenvalue weighted by Crippen LogP contribution is 2.15. The first-order valence-corrected chi connectivity index (χ1v) is 5.82. The van der Waals surface area contributed by atoms with Crippen LogP contribution in [0.1, 0.15) is 19.2 Å². The van der Waals surface area contributed by atoms with E-state index in [1.807, 2.05) is 6.92 Å². The molecule has 0 saturated heterocycles. The second-order valence-electron chi connectivity index (χ2n) is 3.58. The lowest BCUT2D eigenvalue weighted by atomic mass is 10.4. The minimum atomic E-state index is -0.309. The molecule has 0 spiro atoms. The number of H-pyrrole nitrogens is 1. The number of tetrazole rings is 1. The van der Waals surface area contributed by atoms with Gasteiger partial charge in [-0.1, -0.05) is 23.7 Å². The molecule has 96 valence electrons. The van der Waals surface area contributed by atoms with Crippen molar-refractivity contribution < 1.29 is 0 Å². The van der Waals surface area contributed by atoms with Gasteiger partial charge in [-0.2, -0.15) is 10.3 Å². The standard InChI is InChI=1S/C9H12ClN7O/c1-2-3-17-9(18)8(10)6(4-12-17)11-5-7-13-15-16-14-7/h4,11H,2-3,5H2,1H3,(H,13,14,15,16). The molecular formula is C9H12ClN7O. The van der Waals surface area contributed by atoms with Crippen LogP contribution in [-0.2, 0) is 13.1 Å². The molecular weight excluding hydrogens is 258 g/mol. The van der Waals surface area contributed by atoms with Gasteiger partial charge in [-0.25, -0.2) is 4.68 Å². The van der Waals surface area contributed by atoms with Crippen molar-refractivity contribution in [2.24, 2.45) is 0 Å². The molecule has 9 heteroatoms. The Balaban J connectivity index is 2.14. The molecule has 8 nitrogen and oxygen atoms in total. The van der Waals surface area contributed by atoms with Crippen molar-refractivity contribution in [1.29, 1.82) is 0 Å². The van der Waals surface area contributed by atoms with Crippen molar-refractivity contribution in [3.63, 3.8) is 0 Å². The smallest absolute Gasteiger partial charge is 0.287 e. The lowest BCUT2D eigenvalue weighted by Gasteiger charge is -2.08. The number of nitrogens with one attached hydrogen (secondary N) is 2. The predicted molar refractivity (Wildman–Crippen MR) is 65.3 cm³/mol. The molecule has 18 heavy (non-hydrogen) atoms. The van der Waals surface area contributed by atoms with E-state index in [9.17, 15) is 4.79 Å². The van der Waals surface area contributed by atoms with Gasteiger partial charge in [0, 0.05) is 6.54 Å². The van der Waals surface area contributed by atoms with Gasteiger partial charge in [0.25, 0.3) is 5.56 Å². The fourth-order valence-electron chi connectivity index (χ4n) is 1.39. The maximum Gasteiger partial charge on any atom is 0.287 e. The Morgan fingerprint density at radius 2 is 2.39 bits per heavy atom. The Kier molecular flexibility index (Phi) is 3.88. The summed E-state index contributed by atoms with van der Waals surface area (Å²) in [4.78, 5) is 11.8. The van der Waals surface area contributed by atoms with Crippen molar-refractivity contribution in [1.82, 2.24) is 30.4 Å². The molecule has 0 aliphatic carbocycles. The maximum absolute atomic E-state index is 11.8. The molecule has 2 aromatic heterocycles. The summed E-state index contributed by atoms with van der Waals surface area (Å²) in [6.07, 6.45) is 2.33. The summed E-state index contributed by atoms with van der Waals surface area (Å²) in [6, 6.07) is 0. The van der Waals surface area contributed by atoms with E-state index in [0.29, 0.717) is 24.6 Å². The molecule has 0 aliphatic heterocycles. The Morgan fingerprint density at radius 1 is 1.56 bits per heavy atom. The number of aryl methyl sites for hydroxylation is 1. The molecule has 2 N–H and O–H groups in total. The molecule has 0 aliphatic rings. The third kappa shape index (κ3) is 2.65. The molecule has 0 bridgehead atoms. The molecule has 0 amide bonds. The Hall–Kier alpha value is -1.96. The van der Waals surface area contributed by atoms with Crippen molar-refractivity contribution in [2.45, 2.75) is 26.4 Å². The SMILES string of the molecule is CCCn1ncc(NCc2nn[nH]n2)c(Cl)c1=O.